The van der Waals surface area contributed by atoms with Crippen molar-refractivity contribution in [1.29, 1.82) is 0 Å². The fourth-order valence-corrected chi connectivity index (χ4v) is 3.58. The smallest absolute Gasteiger partial charge is 0.225 e. The van der Waals surface area contributed by atoms with Gasteiger partial charge in [-0.05, 0) is 18.9 Å². The highest BCUT2D eigenvalue weighted by Crippen LogP contribution is 2.30. The third-order valence-electron chi connectivity index (χ3n) is 3.70. The lowest BCUT2D eigenvalue weighted by Gasteiger charge is -2.32. The highest BCUT2D eigenvalue weighted by molar-refractivity contribution is 7.90. The molecule has 0 aromatic carbocycles. The Morgan fingerprint density at radius 2 is 2.10 bits per heavy atom. The Labute approximate surface area is 123 Å². The predicted molar refractivity (Wildman–Crippen MR) is 77.9 cm³/mol. The molecule has 0 saturated carbocycles. The molecule has 0 radical (unpaired) electrons. The molecular formula is C13H17N5O2S. The van der Waals surface area contributed by atoms with Crippen molar-refractivity contribution in [2.75, 3.05) is 24.2 Å². The second kappa shape index (κ2) is 5.44. The van der Waals surface area contributed by atoms with Crippen LogP contribution in [0, 0.1) is 0 Å². The molecule has 0 amide bonds. The second-order valence-corrected chi connectivity index (χ2v) is 7.24. The van der Waals surface area contributed by atoms with Gasteiger partial charge in [0, 0.05) is 37.7 Å². The van der Waals surface area contributed by atoms with E-state index in [1.54, 1.807) is 18.5 Å². The van der Waals surface area contributed by atoms with Crippen molar-refractivity contribution in [2.45, 2.75) is 23.7 Å². The SMILES string of the molecule is CS(=O)(=O)c1cn[nH]c1[C@H]1CCCN(c2ncccn2)C1. The summed E-state index contributed by atoms with van der Waals surface area (Å²) in [6.07, 6.45) is 7.91. The van der Waals surface area contributed by atoms with E-state index in [1.165, 1.54) is 12.5 Å². The van der Waals surface area contributed by atoms with Gasteiger partial charge in [-0.3, -0.25) is 5.10 Å². The summed E-state index contributed by atoms with van der Waals surface area (Å²) in [5, 5.41) is 6.77. The van der Waals surface area contributed by atoms with E-state index in [1.807, 2.05) is 0 Å². The van der Waals surface area contributed by atoms with Crippen LogP contribution in [0.2, 0.25) is 0 Å². The minimum Gasteiger partial charge on any atom is -0.340 e. The molecule has 7 nitrogen and oxygen atoms in total. The lowest BCUT2D eigenvalue weighted by Crippen LogP contribution is -2.36. The van der Waals surface area contributed by atoms with E-state index in [4.69, 9.17) is 0 Å². The number of rotatable bonds is 3. The quantitative estimate of drug-likeness (QED) is 0.909. The molecule has 3 rings (SSSR count). The van der Waals surface area contributed by atoms with Gasteiger partial charge in [0.25, 0.3) is 0 Å². The standard InChI is InChI=1S/C13H17N5O2S/c1-21(19,20)11-8-16-17-12(11)10-4-2-7-18(9-10)13-14-5-3-6-15-13/h3,5-6,8,10H,2,4,7,9H2,1H3,(H,16,17)/t10-/m0/s1. The van der Waals surface area contributed by atoms with Crippen molar-refractivity contribution >= 4 is 15.8 Å². The third-order valence-corrected chi connectivity index (χ3v) is 4.82. The minimum absolute atomic E-state index is 0.0924. The predicted octanol–water partition coefficient (Wildman–Crippen LogP) is 0.987. The zero-order chi connectivity index (χ0) is 14.9. The number of nitrogens with zero attached hydrogens (tertiary/aromatic N) is 4. The number of hydrogen-bond donors (Lipinski definition) is 1. The number of piperidine rings is 1. The van der Waals surface area contributed by atoms with Gasteiger partial charge in [-0.25, -0.2) is 18.4 Å². The summed E-state index contributed by atoms with van der Waals surface area (Å²) in [6, 6.07) is 1.78. The molecule has 8 heteroatoms. The van der Waals surface area contributed by atoms with Gasteiger partial charge in [0.2, 0.25) is 5.95 Å². The maximum absolute atomic E-state index is 11.8. The van der Waals surface area contributed by atoms with E-state index in [2.05, 4.69) is 25.1 Å². The Bertz CT molecular complexity index is 713. The van der Waals surface area contributed by atoms with Crippen molar-refractivity contribution in [2.24, 2.45) is 0 Å². The monoisotopic (exact) mass is 307 g/mol. The molecule has 0 aliphatic carbocycles. The molecule has 1 aliphatic rings. The van der Waals surface area contributed by atoms with Gasteiger partial charge in [0.05, 0.1) is 11.9 Å². The van der Waals surface area contributed by atoms with Gasteiger partial charge in [-0.15, -0.1) is 0 Å². The first kappa shape index (κ1) is 14.0. The van der Waals surface area contributed by atoms with E-state index >= 15 is 0 Å². The van der Waals surface area contributed by atoms with E-state index in [0.29, 0.717) is 23.1 Å². The largest absolute Gasteiger partial charge is 0.340 e. The van der Waals surface area contributed by atoms with Crippen LogP contribution in [0.25, 0.3) is 0 Å². The summed E-state index contributed by atoms with van der Waals surface area (Å²) >= 11 is 0. The zero-order valence-corrected chi connectivity index (χ0v) is 12.5. The molecule has 2 aromatic rings. The Morgan fingerprint density at radius 3 is 2.81 bits per heavy atom. The summed E-state index contributed by atoms with van der Waals surface area (Å²) in [7, 11) is -3.27. The molecule has 2 aromatic heterocycles. The highest BCUT2D eigenvalue weighted by atomic mass is 32.2. The first-order valence-corrected chi connectivity index (χ1v) is 8.70. The van der Waals surface area contributed by atoms with Crippen LogP contribution in [0.3, 0.4) is 0 Å². The van der Waals surface area contributed by atoms with E-state index in [0.717, 1.165) is 19.4 Å². The van der Waals surface area contributed by atoms with Crippen LogP contribution >= 0.6 is 0 Å². The van der Waals surface area contributed by atoms with Crippen LogP contribution in [0.4, 0.5) is 5.95 Å². The first-order valence-electron chi connectivity index (χ1n) is 6.81. The zero-order valence-electron chi connectivity index (χ0n) is 11.7. The molecule has 1 N–H and O–H groups in total. The average molecular weight is 307 g/mol. The van der Waals surface area contributed by atoms with Crippen molar-refractivity contribution < 1.29 is 8.42 Å². The summed E-state index contributed by atoms with van der Waals surface area (Å²) < 4.78 is 23.6. The minimum atomic E-state index is -3.27. The molecule has 0 bridgehead atoms. The molecule has 1 aliphatic heterocycles. The topological polar surface area (TPSA) is 91.8 Å². The number of H-pyrrole nitrogens is 1. The molecule has 112 valence electrons. The van der Waals surface area contributed by atoms with Crippen LogP contribution < -0.4 is 4.90 Å². The Hall–Kier alpha value is -1.96. The molecule has 21 heavy (non-hydrogen) atoms. The van der Waals surface area contributed by atoms with Crippen molar-refractivity contribution in [3.63, 3.8) is 0 Å². The summed E-state index contributed by atoms with van der Waals surface area (Å²) in [4.78, 5) is 10.9. The molecule has 1 saturated heterocycles. The van der Waals surface area contributed by atoms with Crippen LogP contribution in [0.5, 0.6) is 0 Å². The van der Waals surface area contributed by atoms with Crippen LogP contribution in [0.1, 0.15) is 24.5 Å². The van der Waals surface area contributed by atoms with Gasteiger partial charge >= 0.3 is 0 Å². The molecule has 1 fully saturated rings. The molecule has 0 unspecified atom stereocenters. The highest BCUT2D eigenvalue weighted by Gasteiger charge is 2.28. The maximum Gasteiger partial charge on any atom is 0.225 e. The number of aromatic amines is 1. The number of aromatic nitrogens is 4. The molecule has 3 heterocycles. The number of nitrogens with one attached hydrogen (secondary N) is 1. The van der Waals surface area contributed by atoms with Crippen molar-refractivity contribution in [3.8, 4) is 0 Å². The van der Waals surface area contributed by atoms with Crippen LogP contribution in [0.15, 0.2) is 29.6 Å². The van der Waals surface area contributed by atoms with Gasteiger partial charge in [0.1, 0.15) is 4.90 Å². The van der Waals surface area contributed by atoms with Gasteiger partial charge in [-0.1, -0.05) is 0 Å². The second-order valence-electron chi connectivity index (χ2n) is 5.25. The van der Waals surface area contributed by atoms with Crippen molar-refractivity contribution in [3.05, 3.63) is 30.4 Å². The average Bonchev–Trinajstić information content (AvgIpc) is 2.98. The first-order chi connectivity index (χ1) is 10.1. The molecule has 1 atom stereocenters. The van der Waals surface area contributed by atoms with E-state index in [9.17, 15) is 8.42 Å². The number of sulfone groups is 1. The molecule has 0 spiro atoms. The lowest BCUT2D eigenvalue weighted by molar-refractivity contribution is 0.488. The van der Waals surface area contributed by atoms with Crippen LogP contribution in [-0.2, 0) is 9.84 Å². The Kier molecular flexibility index (Phi) is 3.62. The summed E-state index contributed by atoms with van der Waals surface area (Å²) in [5.74, 6) is 0.775. The molecular weight excluding hydrogens is 290 g/mol. The van der Waals surface area contributed by atoms with Gasteiger partial charge < -0.3 is 4.90 Å². The van der Waals surface area contributed by atoms with Crippen molar-refractivity contribution in [1.82, 2.24) is 20.2 Å². The number of hydrogen-bond acceptors (Lipinski definition) is 6. The normalized spacial score (nSPS) is 19.7. The lowest BCUT2D eigenvalue weighted by atomic mass is 9.95. The maximum atomic E-state index is 11.8. The number of anilines is 1. The Morgan fingerprint density at radius 1 is 1.33 bits per heavy atom. The fourth-order valence-electron chi connectivity index (χ4n) is 2.72. The van der Waals surface area contributed by atoms with Gasteiger partial charge in [-0.2, -0.15) is 5.10 Å². The third kappa shape index (κ3) is 2.90. The summed E-state index contributed by atoms with van der Waals surface area (Å²) in [6.45, 7) is 1.57. The van der Waals surface area contributed by atoms with E-state index in [-0.39, 0.29) is 5.92 Å². The Balaban J connectivity index is 1.86. The van der Waals surface area contributed by atoms with Gasteiger partial charge in [0.15, 0.2) is 9.84 Å². The summed E-state index contributed by atoms with van der Waals surface area (Å²) in [5.41, 5.74) is 0.693. The fraction of sp³-hybridized carbons (Fsp3) is 0.462. The van der Waals surface area contributed by atoms with E-state index < -0.39 is 9.84 Å². The van der Waals surface area contributed by atoms with Crippen LogP contribution in [-0.4, -0.2) is 47.9 Å².